The van der Waals surface area contributed by atoms with Crippen LogP contribution in [0.1, 0.15) is 20.7 Å². The largest absolute Gasteiger partial charge is 0.478 e. The van der Waals surface area contributed by atoms with Crippen LogP contribution < -0.4 is 9.47 Å². The standard InChI is InChI=1S/C18H14O8S2/c19-15(8-27)26-14-5-4-12(7-13(14)18(23)24)28-9-16(20)25-11-3-1-2-10(6-11)17(21)22/h1-7,27H,8-9H2,(H,21,22)(H,23,24). The van der Waals surface area contributed by atoms with Gasteiger partial charge in [-0.25, -0.2) is 9.59 Å². The summed E-state index contributed by atoms with van der Waals surface area (Å²) in [5, 5.41) is 18.2. The highest BCUT2D eigenvalue weighted by Gasteiger charge is 2.16. The molecule has 28 heavy (non-hydrogen) atoms. The minimum Gasteiger partial charge on any atom is -0.478 e. The zero-order valence-electron chi connectivity index (χ0n) is 14.2. The molecule has 0 saturated carbocycles. The second-order valence-corrected chi connectivity index (χ2v) is 6.56. The van der Waals surface area contributed by atoms with Crippen molar-refractivity contribution in [2.75, 3.05) is 11.5 Å². The highest BCUT2D eigenvalue weighted by molar-refractivity contribution is 8.00. The van der Waals surface area contributed by atoms with Gasteiger partial charge >= 0.3 is 23.9 Å². The summed E-state index contributed by atoms with van der Waals surface area (Å²) in [5.41, 5.74) is -0.252. The van der Waals surface area contributed by atoms with Gasteiger partial charge < -0.3 is 19.7 Å². The van der Waals surface area contributed by atoms with Crippen molar-refractivity contribution in [3.63, 3.8) is 0 Å². The molecule has 0 bridgehead atoms. The van der Waals surface area contributed by atoms with E-state index in [-0.39, 0.29) is 34.1 Å². The minimum atomic E-state index is -1.29. The van der Waals surface area contributed by atoms with Gasteiger partial charge in [0.05, 0.1) is 17.1 Å². The number of carboxylic acid groups (broad SMARTS) is 2. The van der Waals surface area contributed by atoms with Crippen LogP contribution in [-0.4, -0.2) is 45.6 Å². The van der Waals surface area contributed by atoms with Crippen LogP contribution in [0, 0.1) is 0 Å². The van der Waals surface area contributed by atoms with E-state index in [0.29, 0.717) is 4.90 Å². The van der Waals surface area contributed by atoms with E-state index in [4.69, 9.17) is 14.6 Å². The summed E-state index contributed by atoms with van der Waals surface area (Å²) >= 11 is 4.77. The van der Waals surface area contributed by atoms with Gasteiger partial charge in [-0.15, -0.1) is 11.8 Å². The second-order valence-electron chi connectivity index (χ2n) is 5.19. The Kier molecular flexibility index (Phi) is 7.47. The van der Waals surface area contributed by atoms with Gasteiger partial charge in [-0.2, -0.15) is 12.6 Å². The third-order valence-electron chi connectivity index (χ3n) is 3.20. The number of thiol groups is 1. The quantitative estimate of drug-likeness (QED) is 0.255. The molecule has 2 rings (SSSR count). The molecule has 0 unspecified atom stereocenters. The molecule has 0 aliphatic rings. The summed E-state index contributed by atoms with van der Waals surface area (Å²) < 4.78 is 9.98. The Hall–Kier alpha value is -2.98. The smallest absolute Gasteiger partial charge is 0.339 e. The molecule has 0 amide bonds. The van der Waals surface area contributed by atoms with Crippen LogP contribution in [-0.2, 0) is 9.59 Å². The first-order valence-corrected chi connectivity index (χ1v) is 9.27. The van der Waals surface area contributed by atoms with Gasteiger partial charge in [0, 0.05) is 4.90 Å². The van der Waals surface area contributed by atoms with E-state index in [1.54, 1.807) is 0 Å². The maximum Gasteiger partial charge on any atom is 0.339 e. The van der Waals surface area contributed by atoms with Gasteiger partial charge in [-0.05, 0) is 36.4 Å². The maximum absolute atomic E-state index is 12.0. The van der Waals surface area contributed by atoms with E-state index in [0.717, 1.165) is 11.8 Å². The van der Waals surface area contributed by atoms with Gasteiger partial charge in [0.25, 0.3) is 0 Å². The van der Waals surface area contributed by atoms with Gasteiger partial charge in [0.15, 0.2) is 0 Å². The van der Waals surface area contributed by atoms with Crippen LogP contribution in [0.2, 0.25) is 0 Å². The molecular formula is C18H14O8S2. The Bertz CT molecular complexity index is 926. The predicted octanol–water partition coefficient (Wildman–Crippen LogP) is 2.62. The molecule has 0 aliphatic carbocycles. The van der Waals surface area contributed by atoms with Crippen molar-refractivity contribution in [1.82, 2.24) is 0 Å². The number of esters is 2. The number of carbonyl (C=O) groups excluding carboxylic acids is 2. The zero-order valence-corrected chi connectivity index (χ0v) is 15.9. The summed E-state index contributed by atoms with van der Waals surface area (Å²) in [6, 6.07) is 9.56. The number of benzene rings is 2. The normalized spacial score (nSPS) is 10.2. The van der Waals surface area contributed by atoms with Crippen molar-refractivity contribution < 1.29 is 38.9 Å². The van der Waals surface area contributed by atoms with Crippen LogP contribution in [0.3, 0.4) is 0 Å². The fraction of sp³-hybridized carbons (Fsp3) is 0.111. The van der Waals surface area contributed by atoms with Gasteiger partial charge in [0.2, 0.25) is 0 Å². The summed E-state index contributed by atoms with van der Waals surface area (Å²) in [7, 11) is 0. The van der Waals surface area contributed by atoms with Crippen molar-refractivity contribution in [3.05, 3.63) is 53.6 Å². The molecule has 0 spiro atoms. The topological polar surface area (TPSA) is 127 Å². The minimum absolute atomic E-state index is 0.0181. The fourth-order valence-corrected chi connectivity index (χ4v) is 2.78. The predicted molar refractivity (Wildman–Crippen MR) is 103 cm³/mol. The molecular weight excluding hydrogens is 408 g/mol. The number of aromatic carboxylic acids is 2. The lowest BCUT2D eigenvalue weighted by Crippen LogP contribution is -2.13. The molecule has 0 fully saturated rings. The molecule has 0 aliphatic heterocycles. The SMILES string of the molecule is O=C(CSc1ccc(OC(=O)CS)c(C(=O)O)c1)Oc1cccc(C(=O)O)c1. The van der Waals surface area contributed by atoms with Crippen molar-refractivity contribution >= 4 is 48.3 Å². The lowest BCUT2D eigenvalue weighted by Gasteiger charge is -2.09. The summed E-state index contributed by atoms with van der Waals surface area (Å²) in [6.45, 7) is 0. The number of hydrogen-bond donors (Lipinski definition) is 3. The first-order chi connectivity index (χ1) is 13.3. The van der Waals surface area contributed by atoms with E-state index in [9.17, 15) is 24.3 Å². The van der Waals surface area contributed by atoms with E-state index in [1.165, 1.54) is 42.5 Å². The summed E-state index contributed by atoms with van der Waals surface area (Å²) in [4.78, 5) is 46.0. The molecule has 146 valence electrons. The lowest BCUT2D eigenvalue weighted by atomic mass is 10.2. The van der Waals surface area contributed by atoms with E-state index >= 15 is 0 Å². The Balaban J connectivity index is 2.03. The Morgan fingerprint density at radius 2 is 1.68 bits per heavy atom. The molecule has 2 aromatic rings. The van der Waals surface area contributed by atoms with Crippen LogP contribution in [0.5, 0.6) is 11.5 Å². The van der Waals surface area contributed by atoms with Crippen molar-refractivity contribution in [2.45, 2.75) is 4.90 Å². The number of carboxylic acids is 2. The summed E-state index contributed by atoms with van der Waals surface area (Å²) in [6.07, 6.45) is 0. The highest BCUT2D eigenvalue weighted by Crippen LogP contribution is 2.27. The maximum atomic E-state index is 12.0. The zero-order chi connectivity index (χ0) is 20.7. The molecule has 0 aromatic heterocycles. The average Bonchev–Trinajstić information content (AvgIpc) is 2.67. The van der Waals surface area contributed by atoms with Crippen molar-refractivity contribution in [3.8, 4) is 11.5 Å². The summed E-state index contributed by atoms with van der Waals surface area (Å²) in [5.74, 6) is -4.16. The first-order valence-electron chi connectivity index (χ1n) is 7.66. The third kappa shape index (κ3) is 6.03. The van der Waals surface area contributed by atoms with E-state index in [2.05, 4.69) is 12.6 Å². The van der Waals surface area contributed by atoms with E-state index in [1.807, 2.05) is 0 Å². The molecule has 8 nitrogen and oxygen atoms in total. The second kappa shape index (κ2) is 9.81. The average molecular weight is 422 g/mol. The number of thioether (sulfide) groups is 1. The van der Waals surface area contributed by atoms with Gasteiger partial charge in [0.1, 0.15) is 17.1 Å². The highest BCUT2D eigenvalue weighted by atomic mass is 32.2. The first kappa shape index (κ1) is 21.3. The van der Waals surface area contributed by atoms with Gasteiger partial charge in [-0.3, -0.25) is 9.59 Å². The molecule has 10 heteroatoms. The molecule has 0 heterocycles. The lowest BCUT2D eigenvalue weighted by molar-refractivity contribution is -0.132. The van der Waals surface area contributed by atoms with Crippen LogP contribution >= 0.6 is 24.4 Å². The molecule has 0 saturated heterocycles. The monoisotopic (exact) mass is 422 g/mol. The Morgan fingerprint density at radius 3 is 2.32 bits per heavy atom. The van der Waals surface area contributed by atoms with E-state index < -0.39 is 23.9 Å². The Labute approximate surface area is 168 Å². The van der Waals surface area contributed by atoms with Crippen LogP contribution in [0.15, 0.2) is 47.4 Å². The molecule has 2 N–H and O–H groups in total. The molecule has 2 aromatic carbocycles. The molecule has 0 radical (unpaired) electrons. The Morgan fingerprint density at radius 1 is 0.929 bits per heavy atom. The van der Waals surface area contributed by atoms with Gasteiger partial charge in [-0.1, -0.05) is 6.07 Å². The third-order valence-corrected chi connectivity index (χ3v) is 4.43. The van der Waals surface area contributed by atoms with Crippen molar-refractivity contribution in [1.29, 1.82) is 0 Å². The number of ether oxygens (including phenoxy) is 2. The number of carbonyl (C=O) groups is 4. The van der Waals surface area contributed by atoms with Crippen LogP contribution in [0.4, 0.5) is 0 Å². The van der Waals surface area contributed by atoms with Crippen LogP contribution in [0.25, 0.3) is 0 Å². The number of hydrogen-bond acceptors (Lipinski definition) is 8. The molecule has 0 atom stereocenters. The number of rotatable bonds is 8. The fourth-order valence-electron chi connectivity index (χ4n) is 2.01. The van der Waals surface area contributed by atoms with Crippen molar-refractivity contribution in [2.24, 2.45) is 0 Å².